The summed E-state index contributed by atoms with van der Waals surface area (Å²) in [6.07, 6.45) is -16.1. The predicted molar refractivity (Wildman–Crippen MR) is 120 cm³/mol. The van der Waals surface area contributed by atoms with Gasteiger partial charge in [-0.3, -0.25) is 0 Å². The first kappa shape index (κ1) is 31.9. The lowest BCUT2D eigenvalue weighted by atomic mass is 9.87. The summed E-state index contributed by atoms with van der Waals surface area (Å²) < 4.78 is 27.4. The molecule has 0 saturated carbocycles. The molecule has 0 radical (unpaired) electrons. The van der Waals surface area contributed by atoms with Crippen molar-refractivity contribution in [3.8, 4) is 0 Å². The van der Waals surface area contributed by atoms with Gasteiger partial charge in [-0.2, -0.15) is 0 Å². The Labute approximate surface area is 218 Å². The summed E-state index contributed by atoms with van der Waals surface area (Å²) >= 11 is 0. The summed E-state index contributed by atoms with van der Waals surface area (Å²) in [6.45, 7) is -3.90. The molecule has 3 aliphatic heterocycles. The second kappa shape index (κ2) is 13.8. The van der Waals surface area contributed by atoms with E-state index in [1.54, 1.807) is 0 Å². The standard InChI is InChI=1S/C22H40O16/c23-1-10-9(4-34-5-13-18(30)20(32)16(28)11(2-24)37-13)15(27)17(29)14(36-10)6-35-8-22(7-26)21(33)19(31)12(3-25)38-22/h9-21,23-33H,1-8H2/t9-,10?,11?,12-,13+,14-,15-,16+,17?,18?,19+,20-,21?,22+/m1/s1. The first-order chi connectivity index (χ1) is 18.0. The van der Waals surface area contributed by atoms with Crippen LogP contribution in [-0.4, -0.2) is 188 Å². The minimum Gasteiger partial charge on any atom is -0.394 e. The lowest BCUT2D eigenvalue weighted by Gasteiger charge is -2.43. The normalized spacial score (nSPS) is 47.9. The van der Waals surface area contributed by atoms with Crippen LogP contribution in [0.15, 0.2) is 0 Å². The number of aliphatic hydroxyl groups excluding tert-OH is 11. The van der Waals surface area contributed by atoms with Crippen LogP contribution < -0.4 is 0 Å². The number of aliphatic hydroxyl groups is 11. The molecule has 0 aromatic carbocycles. The van der Waals surface area contributed by atoms with Crippen LogP contribution in [0.25, 0.3) is 0 Å². The average molecular weight is 561 g/mol. The Morgan fingerprint density at radius 2 is 1.05 bits per heavy atom. The summed E-state index contributed by atoms with van der Waals surface area (Å²) in [7, 11) is 0. The Morgan fingerprint density at radius 1 is 0.526 bits per heavy atom. The molecule has 11 N–H and O–H groups in total. The van der Waals surface area contributed by atoms with E-state index >= 15 is 0 Å². The molecule has 3 rings (SSSR count). The van der Waals surface area contributed by atoms with Crippen LogP contribution in [0.4, 0.5) is 0 Å². The van der Waals surface area contributed by atoms with Gasteiger partial charge >= 0.3 is 0 Å². The third-order valence-electron chi connectivity index (χ3n) is 7.47. The molecule has 0 bridgehead atoms. The fourth-order valence-electron chi connectivity index (χ4n) is 5.00. The van der Waals surface area contributed by atoms with Gasteiger partial charge in [-0.05, 0) is 0 Å². The third-order valence-corrected chi connectivity index (χ3v) is 7.47. The molecule has 3 heterocycles. The van der Waals surface area contributed by atoms with E-state index in [1.165, 1.54) is 0 Å². The molecule has 0 aromatic rings. The Kier molecular flexibility index (Phi) is 11.6. The van der Waals surface area contributed by atoms with Gasteiger partial charge < -0.3 is 79.9 Å². The summed E-state index contributed by atoms with van der Waals surface area (Å²) in [6, 6.07) is 0. The van der Waals surface area contributed by atoms with Crippen LogP contribution in [0.3, 0.4) is 0 Å². The van der Waals surface area contributed by atoms with Crippen molar-refractivity contribution in [3.63, 3.8) is 0 Å². The largest absolute Gasteiger partial charge is 0.394 e. The zero-order valence-electron chi connectivity index (χ0n) is 20.6. The second-order valence-corrected chi connectivity index (χ2v) is 9.96. The number of hydrogen-bond acceptors (Lipinski definition) is 16. The molecule has 5 unspecified atom stereocenters. The summed E-state index contributed by atoms with van der Waals surface area (Å²) in [5.41, 5.74) is -1.73. The minimum absolute atomic E-state index is 0.264. The molecule has 0 aliphatic carbocycles. The van der Waals surface area contributed by atoms with E-state index in [4.69, 9.17) is 23.7 Å². The summed E-state index contributed by atoms with van der Waals surface area (Å²) in [5, 5.41) is 109. The summed E-state index contributed by atoms with van der Waals surface area (Å²) in [4.78, 5) is 0. The molecule has 16 heteroatoms. The molecule has 14 atom stereocenters. The van der Waals surface area contributed by atoms with E-state index in [1.807, 2.05) is 0 Å². The van der Waals surface area contributed by atoms with Crippen molar-refractivity contribution in [3.05, 3.63) is 0 Å². The lowest BCUT2D eigenvalue weighted by molar-refractivity contribution is -0.250. The van der Waals surface area contributed by atoms with Gasteiger partial charge in [-0.25, -0.2) is 0 Å². The zero-order valence-corrected chi connectivity index (χ0v) is 20.6. The topological polar surface area (TPSA) is 269 Å². The monoisotopic (exact) mass is 560 g/mol. The molecular formula is C22H40O16. The molecule has 0 spiro atoms. The van der Waals surface area contributed by atoms with Gasteiger partial charge in [-0.1, -0.05) is 0 Å². The highest BCUT2D eigenvalue weighted by molar-refractivity contribution is 5.02. The molecule has 3 saturated heterocycles. The second-order valence-electron chi connectivity index (χ2n) is 9.96. The van der Waals surface area contributed by atoms with Gasteiger partial charge in [0.15, 0.2) is 0 Å². The van der Waals surface area contributed by atoms with Gasteiger partial charge in [0.2, 0.25) is 0 Å². The lowest BCUT2D eigenvalue weighted by Crippen LogP contribution is -2.60. The van der Waals surface area contributed by atoms with Crippen molar-refractivity contribution in [1.29, 1.82) is 0 Å². The van der Waals surface area contributed by atoms with E-state index in [0.29, 0.717) is 0 Å². The SMILES string of the molecule is OCC1O[C@H](COC[C@]2(CO)O[C@H](CO)[C@H](O)C2O)C(O)[C@H](O)[C@@H]1COC[C@@H]1OC(CO)[C@H](O)[C@@H](O)C1O. The van der Waals surface area contributed by atoms with Gasteiger partial charge in [0.1, 0.15) is 66.6 Å². The van der Waals surface area contributed by atoms with Crippen LogP contribution in [0.5, 0.6) is 0 Å². The van der Waals surface area contributed by atoms with Gasteiger partial charge in [-0.15, -0.1) is 0 Å². The van der Waals surface area contributed by atoms with Crippen molar-refractivity contribution < 1.29 is 79.9 Å². The van der Waals surface area contributed by atoms with Gasteiger partial charge in [0.05, 0.1) is 65.1 Å². The quantitative estimate of drug-likeness (QED) is 0.106. The van der Waals surface area contributed by atoms with Crippen LogP contribution in [-0.2, 0) is 23.7 Å². The maximum Gasteiger partial charge on any atom is 0.143 e. The maximum absolute atomic E-state index is 10.7. The number of ether oxygens (including phenoxy) is 5. The molecule has 16 nitrogen and oxygen atoms in total. The van der Waals surface area contributed by atoms with Crippen LogP contribution in [0.2, 0.25) is 0 Å². The van der Waals surface area contributed by atoms with Crippen molar-refractivity contribution >= 4 is 0 Å². The van der Waals surface area contributed by atoms with Crippen molar-refractivity contribution in [2.75, 3.05) is 52.9 Å². The van der Waals surface area contributed by atoms with E-state index in [2.05, 4.69) is 0 Å². The van der Waals surface area contributed by atoms with E-state index < -0.39 is 118 Å². The fourth-order valence-corrected chi connectivity index (χ4v) is 5.00. The Hall–Kier alpha value is -0.640. The Morgan fingerprint density at radius 3 is 1.61 bits per heavy atom. The number of hydrogen-bond donors (Lipinski definition) is 11. The molecule has 3 aliphatic rings. The highest BCUT2D eigenvalue weighted by atomic mass is 16.6. The van der Waals surface area contributed by atoms with Crippen molar-refractivity contribution in [1.82, 2.24) is 0 Å². The average Bonchev–Trinajstić information content (AvgIpc) is 3.17. The van der Waals surface area contributed by atoms with Crippen molar-refractivity contribution in [2.24, 2.45) is 5.92 Å². The Bertz CT molecular complexity index is 713. The van der Waals surface area contributed by atoms with E-state index in [-0.39, 0.29) is 19.8 Å². The van der Waals surface area contributed by atoms with Gasteiger partial charge in [0.25, 0.3) is 0 Å². The predicted octanol–water partition coefficient (Wildman–Crippen LogP) is -7.20. The smallest absolute Gasteiger partial charge is 0.143 e. The molecule has 38 heavy (non-hydrogen) atoms. The highest BCUT2D eigenvalue weighted by Gasteiger charge is 2.54. The third kappa shape index (κ3) is 6.46. The molecule has 3 fully saturated rings. The van der Waals surface area contributed by atoms with Crippen LogP contribution >= 0.6 is 0 Å². The van der Waals surface area contributed by atoms with Crippen molar-refractivity contribution in [2.45, 2.75) is 78.8 Å². The summed E-state index contributed by atoms with van der Waals surface area (Å²) in [5.74, 6) is -0.930. The first-order valence-corrected chi connectivity index (χ1v) is 12.4. The van der Waals surface area contributed by atoms with Gasteiger partial charge in [0, 0.05) is 5.92 Å². The molecular weight excluding hydrogens is 520 g/mol. The zero-order chi connectivity index (χ0) is 28.2. The molecule has 0 amide bonds. The number of rotatable bonds is 12. The van der Waals surface area contributed by atoms with Crippen LogP contribution in [0, 0.1) is 5.92 Å². The van der Waals surface area contributed by atoms with E-state index in [9.17, 15) is 56.2 Å². The van der Waals surface area contributed by atoms with E-state index in [0.717, 1.165) is 0 Å². The fraction of sp³-hybridized carbons (Fsp3) is 1.00. The first-order valence-electron chi connectivity index (χ1n) is 12.4. The minimum atomic E-state index is -1.73. The maximum atomic E-state index is 10.7. The van der Waals surface area contributed by atoms with Crippen LogP contribution in [0.1, 0.15) is 0 Å². The Balaban J connectivity index is 1.52. The molecule has 224 valence electrons. The molecule has 0 aromatic heterocycles. The highest BCUT2D eigenvalue weighted by Crippen LogP contribution is 2.32.